The number of hydrogen-bond acceptors (Lipinski definition) is 9. The van der Waals surface area contributed by atoms with Crippen LogP contribution in [0.1, 0.15) is 18.0 Å². The van der Waals surface area contributed by atoms with Gasteiger partial charge in [-0.15, -0.1) is 0 Å². The monoisotopic (exact) mass is 449 g/mol. The number of aromatic nitrogens is 5. The van der Waals surface area contributed by atoms with E-state index in [-0.39, 0.29) is 16.8 Å². The lowest BCUT2D eigenvalue weighted by Crippen LogP contribution is -2.22. The number of rotatable bonds is 6. The molecular formula is C22H23N7O2S. The van der Waals surface area contributed by atoms with Gasteiger partial charge in [0.2, 0.25) is 11.9 Å². The molecule has 0 fully saturated rings. The lowest BCUT2D eigenvalue weighted by atomic mass is 10.2. The van der Waals surface area contributed by atoms with Gasteiger partial charge in [-0.05, 0) is 31.2 Å². The Hall–Kier alpha value is -3.66. The second-order valence-electron chi connectivity index (χ2n) is 7.26. The third-order valence-electron chi connectivity index (χ3n) is 4.76. The molecule has 164 valence electrons. The lowest BCUT2D eigenvalue weighted by molar-refractivity contribution is 0.414. The molecule has 0 saturated carbocycles. The molecule has 1 atom stereocenters. The van der Waals surface area contributed by atoms with Crippen LogP contribution in [0.4, 0.5) is 11.9 Å². The van der Waals surface area contributed by atoms with E-state index in [1.165, 1.54) is 11.8 Å². The molecule has 0 unspecified atom stereocenters. The van der Waals surface area contributed by atoms with Crippen molar-refractivity contribution in [2.75, 3.05) is 31.8 Å². The predicted octanol–water partition coefficient (Wildman–Crippen LogP) is 3.08. The molecule has 2 aromatic carbocycles. The van der Waals surface area contributed by atoms with E-state index in [0.717, 1.165) is 0 Å². The Labute approximate surface area is 189 Å². The lowest BCUT2D eigenvalue weighted by Gasteiger charge is -2.17. The average Bonchev–Trinajstić information content (AvgIpc) is 2.79. The maximum absolute atomic E-state index is 13.5. The number of fused-ring (bicyclic) bond motifs is 1. The Morgan fingerprint density at radius 1 is 1.06 bits per heavy atom. The number of benzene rings is 2. The van der Waals surface area contributed by atoms with E-state index < -0.39 is 0 Å². The summed E-state index contributed by atoms with van der Waals surface area (Å²) in [6, 6.07) is 14.6. The maximum Gasteiger partial charge on any atom is 0.266 e. The molecule has 2 N–H and O–H groups in total. The normalized spacial score (nSPS) is 12.0. The van der Waals surface area contributed by atoms with Gasteiger partial charge in [0, 0.05) is 20.2 Å². The van der Waals surface area contributed by atoms with Crippen molar-refractivity contribution >= 4 is 34.6 Å². The first-order valence-electron chi connectivity index (χ1n) is 9.89. The molecule has 0 aliphatic carbocycles. The largest absolute Gasteiger partial charge is 0.497 e. The van der Waals surface area contributed by atoms with Crippen LogP contribution in [-0.2, 0) is 0 Å². The summed E-state index contributed by atoms with van der Waals surface area (Å²) < 4.78 is 6.94. The Bertz CT molecular complexity index is 1340. The molecule has 0 bridgehead atoms. The first-order chi connectivity index (χ1) is 15.4. The summed E-state index contributed by atoms with van der Waals surface area (Å²) in [4.78, 5) is 33.0. The van der Waals surface area contributed by atoms with Crippen molar-refractivity contribution in [3.8, 4) is 11.4 Å². The smallest absolute Gasteiger partial charge is 0.266 e. The number of anilines is 2. The summed E-state index contributed by atoms with van der Waals surface area (Å²) in [7, 11) is 5.26. The Morgan fingerprint density at radius 2 is 1.84 bits per heavy atom. The number of nitrogen functional groups attached to an aromatic ring is 1. The van der Waals surface area contributed by atoms with Crippen LogP contribution < -0.4 is 20.9 Å². The SMILES string of the molecule is COc1cccc(-n2c(S[C@H](C)c3nc(N)nc(N(C)C)n3)nc3ccccc3c2=O)c1. The molecule has 9 nitrogen and oxygen atoms in total. The number of methoxy groups -OCH3 is 1. The molecule has 0 aliphatic rings. The van der Waals surface area contributed by atoms with Crippen molar-refractivity contribution in [3.05, 3.63) is 64.7 Å². The zero-order chi connectivity index (χ0) is 22.8. The number of para-hydroxylation sites is 1. The van der Waals surface area contributed by atoms with E-state index in [9.17, 15) is 4.79 Å². The standard InChI is InChI=1S/C22H23N7O2S/c1-13(18-25-20(23)27-21(26-18)28(2)3)32-22-24-17-11-6-5-10-16(17)19(30)29(22)14-8-7-9-15(12-14)31-4/h5-13H,1-4H3,(H2,23,25,26,27)/t13-/m1/s1. The molecule has 2 heterocycles. The van der Waals surface area contributed by atoms with Gasteiger partial charge in [0.25, 0.3) is 5.56 Å². The van der Waals surface area contributed by atoms with Crippen LogP contribution >= 0.6 is 11.8 Å². The van der Waals surface area contributed by atoms with Gasteiger partial charge in [-0.3, -0.25) is 9.36 Å². The van der Waals surface area contributed by atoms with Gasteiger partial charge < -0.3 is 15.4 Å². The van der Waals surface area contributed by atoms with Crippen LogP contribution in [-0.4, -0.2) is 45.7 Å². The van der Waals surface area contributed by atoms with Gasteiger partial charge >= 0.3 is 0 Å². The molecule has 4 rings (SSSR count). The molecular weight excluding hydrogens is 426 g/mol. The van der Waals surface area contributed by atoms with E-state index in [1.54, 1.807) is 28.7 Å². The number of thioether (sulfide) groups is 1. The van der Waals surface area contributed by atoms with Crippen LogP contribution in [0.5, 0.6) is 5.75 Å². The van der Waals surface area contributed by atoms with Crippen LogP contribution in [0, 0.1) is 0 Å². The van der Waals surface area contributed by atoms with Gasteiger partial charge in [-0.1, -0.05) is 30.0 Å². The van der Waals surface area contributed by atoms with Crippen LogP contribution in [0.2, 0.25) is 0 Å². The first kappa shape index (κ1) is 21.6. The van der Waals surface area contributed by atoms with Crippen LogP contribution in [0.3, 0.4) is 0 Å². The molecule has 2 aromatic heterocycles. The van der Waals surface area contributed by atoms with E-state index in [1.807, 2.05) is 57.4 Å². The summed E-state index contributed by atoms with van der Waals surface area (Å²) >= 11 is 1.37. The minimum Gasteiger partial charge on any atom is -0.497 e. The van der Waals surface area contributed by atoms with Crippen molar-refractivity contribution < 1.29 is 4.74 Å². The van der Waals surface area contributed by atoms with Gasteiger partial charge in [0.05, 0.1) is 29.0 Å². The third-order valence-corrected chi connectivity index (χ3v) is 5.81. The Morgan fingerprint density at radius 3 is 2.59 bits per heavy atom. The second-order valence-corrected chi connectivity index (χ2v) is 8.57. The number of nitrogens with zero attached hydrogens (tertiary/aromatic N) is 6. The molecule has 0 amide bonds. The summed E-state index contributed by atoms with van der Waals surface area (Å²) in [5, 5.41) is 0.801. The average molecular weight is 450 g/mol. The van der Waals surface area contributed by atoms with E-state index in [0.29, 0.717) is 39.3 Å². The zero-order valence-electron chi connectivity index (χ0n) is 18.2. The highest BCUT2D eigenvalue weighted by molar-refractivity contribution is 7.99. The van der Waals surface area contributed by atoms with Crippen molar-refractivity contribution in [3.63, 3.8) is 0 Å². The van der Waals surface area contributed by atoms with Crippen LogP contribution in [0.25, 0.3) is 16.6 Å². The fourth-order valence-corrected chi connectivity index (χ4v) is 4.13. The van der Waals surface area contributed by atoms with Crippen LogP contribution in [0.15, 0.2) is 58.5 Å². The van der Waals surface area contributed by atoms with E-state index >= 15 is 0 Å². The molecule has 0 radical (unpaired) electrons. The number of ether oxygens (including phenoxy) is 1. The predicted molar refractivity (Wildman–Crippen MR) is 127 cm³/mol. The fourth-order valence-electron chi connectivity index (χ4n) is 3.16. The van der Waals surface area contributed by atoms with Gasteiger partial charge in [-0.25, -0.2) is 4.98 Å². The zero-order valence-corrected chi connectivity index (χ0v) is 19.0. The molecule has 0 saturated heterocycles. The first-order valence-corrected chi connectivity index (χ1v) is 10.8. The van der Waals surface area contributed by atoms with Crippen molar-refractivity contribution in [2.24, 2.45) is 0 Å². The highest BCUT2D eigenvalue weighted by atomic mass is 32.2. The van der Waals surface area contributed by atoms with Gasteiger partial charge in [0.15, 0.2) is 5.16 Å². The van der Waals surface area contributed by atoms with Gasteiger partial charge in [0.1, 0.15) is 11.6 Å². The van der Waals surface area contributed by atoms with E-state index in [2.05, 4.69) is 15.0 Å². The molecule has 32 heavy (non-hydrogen) atoms. The van der Waals surface area contributed by atoms with Gasteiger partial charge in [-0.2, -0.15) is 15.0 Å². The quantitative estimate of drug-likeness (QED) is 0.350. The maximum atomic E-state index is 13.5. The minimum atomic E-state index is -0.246. The Balaban J connectivity index is 1.85. The Kier molecular flexibility index (Phi) is 5.95. The van der Waals surface area contributed by atoms with E-state index in [4.69, 9.17) is 15.5 Å². The summed E-state index contributed by atoms with van der Waals surface area (Å²) in [5.41, 5.74) is 7.01. The molecule has 0 spiro atoms. The summed E-state index contributed by atoms with van der Waals surface area (Å²) in [6.07, 6.45) is 0. The summed E-state index contributed by atoms with van der Waals surface area (Å²) in [6.45, 7) is 1.94. The fraction of sp³-hybridized carbons (Fsp3) is 0.227. The third kappa shape index (κ3) is 4.22. The minimum absolute atomic E-state index is 0.141. The number of nitrogens with two attached hydrogens (primary N) is 1. The van der Waals surface area contributed by atoms with Crippen molar-refractivity contribution in [1.29, 1.82) is 0 Å². The summed E-state index contributed by atoms with van der Waals surface area (Å²) in [5.74, 6) is 1.76. The molecule has 4 aromatic rings. The topological polar surface area (TPSA) is 112 Å². The highest BCUT2D eigenvalue weighted by Crippen LogP contribution is 2.34. The van der Waals surface area contributed by atoms with Crippen molar-refractivity contribution in [2.45, 2.75) is 17.3 Å². The molecule has 10 heteroatoms. The second kappa shape index (κ2) is 8.83. The van der Waals surface area contributed by atoms with Crippen molar-refractivity contribution in [1.82, 2.24) is 24.5 Å². The number of hydrogen-bond donors (Lipinski definition) is 1. The highest BCUT2D eigenvalue weighted by Gasteiger charge is 2.20. The molecule has 0 aliphatic heterocycles.